The molecular formula is C26H23N3O4S. The molecule has 8 heteroatoms. The van der Waals surface area contributed by atoms with E-state index >= 15 is 0 Å². The van der Waals surface area contributed by atoms with Crippen molar-refractivity contribution in [3.63, 3.8) is 0 Å². The van der Waals surface area contributed by atoms with Gasteiger partial charge in [-0.25, -0.2) is 0 Å². The average molecular weight is 474 g/mol. The van der Waals surface area contributed by atoms with E-state index in [-0.39, 0.29) is 29.9 Å². The van der Waals surface area contributed by atoms with Gasteiger partial charge in [0.15, 0.2) is 0 Å². The van der Waals surface area contributed by atoms with Gasteiger partial charge < -0.3 is 20.1 Å². The maximum atomic E-state index is 12.7. The Kier molecular flexibility index (Phi) is 7.04. The molecule has 1 aliphatic rings. The molecule has 172 valence electrons. The molecular weight excluding hydrogens is 450 g/mol. The van der Waals surface area contributed by atoms with Crippen molar-refractivity contribution in [2.24, 2.45) is 0 Å². The average Bonchev–Trinajstić information content (AvgIpc) is 2.86. The molecule has 3 aromatic carbocycles. The summed E-state index contributed by atoms with van der Waals surface area (Å²) in [5, 5.41) is 18.0. The molecule has 0 aromatic heterocycles. The van der Waals surface area contributed by atoms with Gasteiger partial charge in [-0.1, -0.05) is 54.2 Å². The van der Waals surface area contributed by atoms with Crippen molar-refractivity contribution < 1.29 is 19.1 Å². The third-order valence-corrected chi connectivity index (χ3v) is 6.60. The third kappa shape index (κ3) is 4.85. The maximum absolute atomic E-state index is 12.7. The first-order valence-electron chi connectivity index (χ1n) is 10.6. The highest BCUT2D eigenvalue weighted by molar-refractivity contribution is 8.03. The Morgan fingerprint density at radius 1 is 1.15 bits per heavy atom. The summed E-state index contributed by atoms with van der Waals surface area (Å²) < 4.78 is 10.5. The second kappa shape index (κ2) is 10.3. The zero-order valence-electron chi connectivity index (χ0n) is 18.8. The van der Waals surface area contributed by atoms with Crippen LogP contribution in [0.3, 0.4) is 0 Å². The van der Waals surface area contributed by atoms with E-state index in [1.807, 2.05) is 42.5 Å². The molecule has 0 saturated heterocycles. The summed E-state index contributed by atoms with van der Waals surface area (Å²) in [6.45, 7) is 0. The Hall–Kier alpha value is -3.96. The number of thioether (sulfide) groups is 1. The number of nitriles is 1. The minimum Gasteiger partial charge on any atom is -0.497 e. The van der Waals surface area contributed by atoms with Crippen LogP contribution in [-0.2, 0) is 9.59 Å². The van der Waals surface area contributed by atoms with Crippen molar-refractivity contribution in [3.05, 3.63) is 76.8 Å². The molecule has 0 saturated carbocycles. The molecule has 4 rings (SSSR count). The van der Waals surface area contributed by atoms with Gasteiger partial charge in [-0.2, -0.15) is 5.26 Å². The highest BCUT2D eigenvalue weighted by Gasteiger charge is 2.30. The van der Waals surface area contributed by atoms with Crippen LogP contribution in [0.1, 0.15) is 17.9 Å². The van der Waals surface area contributed by atoms with Crippen LogP contribution >= 0.6 is 11.8 Å². The van der Waals surface area contributed by atoms with Crippen LogP contribution in [0.2, 0.25) is 0 Å². The minimum atomic E-state index is -0.381. The lowest BCUT2D eigenvalue weighted by molar-refractivity contribution is -0.121. The number of amides is 2. The van der Waals surface area contributed by atoms with Crippen molar-refractivity contribution >= 4 is 40.0 Å². The first-order valence-corrected chi connectivity index (χ1v) is 11.6. The van der Waals surface area contributed by atoms with Gasteiger partial charge in [0.25, 0.3) is 0 Å². The first-order chi connectivity index (χ1) is 16.5. The lowest BCUT2D eigenvalue weighted by atomic mass is 9.84. The molecule has 0 aliphatic carbocycles. The number of rotatable bonds is 7. The molecule has 1 aliphatic heterocycles. The molecule has 3 aromatic rings. The first kappa shape index (κ1) is 23.2. The Morgan fingerprint density at radius 2 is 1.94 bits per heavy atom. The zero-order valence-corrected chi connectivity index (χ0v) is 19.6. The van der Waals surface area contributed by atoms with Crippen molar-refractivity contribution in [2.75, 3.05) is 25.3 Å². The summed E-state index contributed by atoms with van der Waals surface area (Å²) in [5.74, 6) is 0.212. The van der Waals surface area contributed by atoms with Crippen LogP contribution in [0, 0.1) is 11.3 Å². The number of hydrogen-bond donors (Lipinski definition) is 2. The molecule has 0 fully saturated rings. The van der Waals surface area contributed by atoms with Crippen molar-refractivity contribution in [1.82, 2.24) is 5.32 Å². The van der Waals surface area contributed by atoms with E-state index in [2.05, 4.69) is 16.7 Å². The van der Waals surface area contributed by atoms with Crippen molar-refractivity contribution in [1.29, 1.82) is 5.26 Å². The molecule has 1 heterocycles. The van der Waals surface area contributed by atoms with Crippen LogP contribution in [0.4, 0.5) is 5.69 Å². The number of anilines is 1. The predicted molar refractivity (Wildman–Crippen MR) is 133 cm³/mol. The number of fused-ring (bicyclic) bond motifs is 1. The largest absolute Gasteiger partial charge is 0.497 e. The van der Waals surface area contributed by atoms with Crippen LogP contribution in [0.25, 0.3) is 10.8 Å². The van der Waals surface area contributed by atoms with Gasteiger partial charge in [0, 0.05) is 18.4 Å². The Balaban J connectivity index is 1.57. The number of benzene rings is 3. The second-order valence-corrected chi connectivity index (χ2v) is 8.62. The lowest BCUT2D eigenvalue weighted by Crippen LogP contribution is -2.31. The Bertz CT molecular complexity index is 1320. The summed E-state index contributed by atoms with van der Waals surface area (Å²) >= 11 is 1.13. The SMILES string of the molecule is COc1ccc(OC)c(NC(=O)CSC2=C(C#N)C(c3cccc4ccccc34)CC(=O)N2)c1. The van der Waals surface area contributed by atoms with Crippen LogP contribution in [0.5, 0.6) is 11.5 Å². The molecule has 0 bridgehead atoms. The monoisotopic (exact) mass is 473 g/mol. The van der Waals surface area contributed by atoms with Gasteiger partial charge in [-0.15, -0.1) is 0 Å². The minimum absolute atomic E-state index is 0.00339. The molecule has 7 nitrogen and oxygen atoms in total. The second-order valence-electron chi connectivity index (χ2n) is 7.63. The van der Waals surface area contributed by atoms with E-state index in [1.165, 1.54) is 14.2 Å². The summed E-state index contributed by atoms with van der Waals surface area (Å²) in [5.41, 5.74) is 1.85. The summed E-state index contributed by atoms with van der Waals surface area (Å²) in [6.07, 6.45) is 0.175. The standard InChI is InChI=1S/C26H23N3O4S/c1-32-17-10-11-23(33-2)22(12-17)28-25(31)15-34-26-21(14-27)20(13-24(30)29-26)19-9-5-7-16-6-3-4-8-18(16)19/h3-12,20H,13,15H2,1-2H3,(H,28,31)(H,29,30). The quantitative estimate of drug-likeness (QED) is 0.522. The van der Waals surface area contributed by atoms with E-state index < -0.39 is 0 Å². The van der Waals surface area contributed by atoms with E-state index in [0.717, 1.165) is 28.1 Å². The van der Waals surface area contributed by atoms with Crippen LogP contribution < -0.4 is 20.1 Å². The maximum Gasteiger partial charge on any atom is 0.234 e. The number of hydrogen-bond acceptors (Lipinski definition) is 6. The molecule has 2 N–H and O–H groups in total. The third-order valence-electron chi connectivity index (χ3n) is 5.58. The van der Waals surface area contributed by atoms with Gasteiger partial charge in [-0.3, -0.25) is 9.59 Å². The zero-order chi connectivity index (χ0) is 24.1. The number of carbonyl (C=O) groups excluding carboxylic acids is 2. The van der Waals surface area contributed by atoms with Gasteiger partial charge in [0.2, 0.25) is 11.8 Å². The van der Waals surface area contributed by atoms with Crippen molar-refractivity contribution in [3.8, 4) is 17.6 Å². The van der Waals surface area contributed by atoms with Gasteiger partial charge in [0.1, 0.15) is 11.5 Å². The van der Waals surface area contributed by atoms with Gasteiger partial charge >= 0.3 is 0 Å². The number of nitrogens with zero attached hydrogens (tertiary/aromatic N) is 1. The number of carbonyl (C=O) groups is 2. The van der Waals surface area contributed by atoms with Gasteiger partial charge in [-0.05, 0) is 28.5 Å². The summed E-state index contributed by atoms with van der Waals surface area (Å²) in [7, 11) is 3.05. The molecule has 34 heavy (non-hydrogen) atoms. The fraction of sp³-hybridized carbons (Fsp3) is 0.192. The molecule has 0 spiro atoms. The Morgan fingerprint density at radius 3 is 2.71 bits per heavy atom. The van der Waals surface area contributed by atoms with Crippen LogP contribution in [-0.4, -0.2) is 31.8 Å². The predicted octanol–water partition coefficient (Wildman–Crippen LogP) is 4.57. The van der Waals surface area contributed by atoms with Crippen molar-refractivity contribution in [2.45, 2.75) is 12.3 Å². The molecule has 1 atom stereocenters. The van der Waals surface area contributed by atoms with E-state index in [9.17, 15) is 14.9 Å². The van der Waals surface area contributed by atoms with Crippen LogP contribution in [0.15, 0.2) is 71.3 Å². The fourth-order valence-electron chi connectivity index (χ4n) is 3.99. The Labute approximate surface area is 201 Å². The van der Waals surface area contributed by atoms with E-state index in [4.69, 9.17) is 9.47 Å². The summed E-state index contributed by atoms with van der Waals surface area (Å²) in [6, 6.07) is 21.2. The number of methoxy groups -OCH3 is 2. The number of allylic oxidation sites excluding steroid dienone is 1. The molecule has 2 amide bonds. The molecule has 1 unspecified atom stereocenters. The smallest absolute Gasteiger partial charge is 0.234 e. The lowest BCUT2D eigenvalue weighted by Gasteiger charge is -2.26. The molecule has 0 radical (unpaired) electrons. The fourth-order valence-corrected chi connectivity index (χ4v) is 4.87. The normalized spacial score (nSPS) is 15.4. The van der Waals surface area contributed by atoms with E-state index in [0.29, 0.717) is 27.8 Å². The van der Waals surface area contributed by atoms with Gasteiger partial charge in [0.05, 0.1) is 42.3 Å². The number of ether oxygens (including phenoxy) is 2. The number of nitrogens with one attached hydrogen (secondary N) is 2. The highest BCUT2D eigenvalue weighted by atomic mass is 32.2. The van der Waals surface area contributed by atoms with E-state index in [1.54, 1.807) is 18.2 Å². The highest BCUT2D eigenvalue weighted by Crippen LogP contribution is 2.39. The topological polar surface area (TPSA) is 100 Å². The summed E-state index contributed by atoms with van der Waals surface area (Å²) in [4.78, 5) is 25.2.